The van der Waals surface area contributed by atoms with Gasteiger partial charge in [-0.15, -0.1) is 0 Å². The number of hydrogen-bond donors (Lipinski definition) is 0. The number of pyridine rings is 1. The van der Waals surface area contributed by atoms with Crippen molar-refractivity contribution in [3.8, 4) is 0 Å². The summed E-state index contributed by atoms with van der Waals surface area (Å²) in [5.41, 5.74) is 0.809. The predicted molar refractivity (Wildman–Crippen MR) is 61.9 cm³/mol. The van der Waals surface area contributed by atoms with Crippen LogP contribution in [-0.4, -0.2) is 37.6 Å². The Morgan fingerprint density at radius 3 is 3.00 bits per heavy atom. The number of carbonyl (C=O) groups is 1. The first-order valence-electron chi connectivity index (χ1n) is 5.21. The van der Waals surface area contributed by atoms with Crippen LogP contribution in [0.3, 0.4) is 0 Å². The number of carbonyl (C=O) groups excluding carboxylic acids is 1. The van der Waals surface area contributed by atoms with E-state index in [9.17, 15) is 4.79 Å². The van der Waals surface area contributed by atoms with E-state index in [2.05, 4.69) is 15.1 Å². The molecule has 0 aliphatic rings. The highest BCUT2D eigenvalue weighted by Gasteiger charge is 2.17. The Morgan fingerprint density at radius 2 is 2.28 bits per heavy atom. The van der Waals surface area contributed by atoms with E-state index in [4.69, 9.17) is 4.74 Å². The number of imidazole rings is 1. The quantitative estimate of drug-likeness (QED) is 0.620. The van der Waals surface area contributed by atoms with Crippen molar-refractivity contribution in [2.75, 3.05) is 7.11 Å². The van der Waals surface area contributed by atoms with Crippen LogP contribution in [0.1, 0.15) is 10.5 Å². The summed E-state index contributed by atoms with van der Waals surface area (Å²) >= 11 is 0. The smallest absolute Gasteiger partial charge is 0.359 e. The molecule has 3 heterocycles. The Labute approximate surface area is 102 Å². The molecule has 0 saturated carbocycles. The Morgan fingerprint density at radius 1 is 1.39 bits per heavy atom. The zero-order valence-corrected chi connectivity index (χ0v) is 9.52. The van der Waals surface area contributed by atoms with Crippen molar-refractivity contribution in [3.63, 3.8) is 0 Å². The van der Waals surface area contributed by atoms with E-state index in [1.165, 1.54) is 7.11 Å². The van der Waals surface area contributed by atoms with Crippen molar-refractivity contribution in [1.29, 1.82) is 0 Å². The summed E-state index contributed by atoms with van der Waals surface area (Å²) in [4.78, 5) is 21.2. The van der Waals surface area contributed by atoms with Crippen LogP contribution in [-0.2, 0) is 4.74 Å². The summed E-state index contributed by atoms with van der Waals surface area (Å²) in [5.74, 6) is -0.498. The van der Waals surface area contributed by atoms with E-state index in [0.717, 1.165) is 5.39 Å². The van der Waals surface area contributed by atoms with Crippen molar-refractivity contribution < 1.29 is 9.53 Å². The number of ether oxygens (including phenoxy) is 1. The summed E-state index contributed by atoms with van der Waals surface area (Å²) in [6, 6.07) is 1.78. The molecule has 0 saturated heterocycles. The van der Waals surface area contributed by atoms with Gasteiger partial charge in [0, 0.05) is 24.0 Å². The molecular weight excluding hydrogens is 234 g/mol. The van der Waals surface area contributed by atoms with E-state index >= 15 is 0 Å². The summed E-state index contributed by atoms with van der Waals surface area (Å²) in [6.07, 6.45) is 8.14. The lowest BCUT2D eigenvalue weighted by atomic mass is 10.2. The highest BCUT2D eigenvalue weighted by Crippen LogP contribution is 2.17. The van der Waals surface area contributed by atoms with Crippen LogP contribution in [0.4, 0.5) is 0 Å². The summed E-state index contributed by atoms with van der Waals surface area (Å²) in [7, 11) is 1.32. The Bertz CT molecular complexity index is 701. The van der Waals surface area contributed by atoms with Crippen LogP contribution in [0.2, 0.25) is 0 Å². The van der Waals surface area contributed by atoms with E-state index in [1.807, 2.05) is 0 Å². The van der Waals surface area contributed by atoms with Crippen LogP contribution in [0.15, 0.2) is 37.2 Å². The number of rotatable bonds is 2. The van der Waals surface area contributed by atoms with Gasteiger partial charge < -0.3 is 4.74 Å². The molecule has 0 fully saturated rings. The van der Waals surface area contributed by atoms with E-state index < -0.39 is 5.97 Å². The zero-order valence-electron chi connectivity index (χ0n) is 9.52. The average Bonchev–Trinajstić information content (AvgIpc) is 3.05. The molecule has 0 radical (unpaired) electrons. The van der Waals surface area contributed by atoms with Gasteiger partial charge in [0.25, 0.3) is 0 Å². The lowest BCUT2D eigenvalue weighted by Gasteiger charge is -2.06. The molecule has 0 spiro atoms. The monoisotopic (exact) mass is 243 g/mol. The third-order valence-electron chi connectivity index (χ3n) is 2.55. The summed E-state index contributed by atoms with van der Waals surface area (Å²) < 4.78 is 6.37. The van der Waals surface area contributed by atoms with Crippen molar-refractivity contribution in [2.24, 2.45) is 0 Å². The molecule has 18 heavy (non-hydrogen) atoms. The molecule has 3 aromatic heterocycles. The Balaban J connectivity index is 2.31. The van der Waals surface area contributed by atoms with E-state index in [-0.39, 0.29) is 5.69 Å². The number of aromatic nitrogens is 5. The van der Waals surface area contributed by atoms with E-state index in [1.54, 1.807) is 46.6 Å². The van der Waals surface area contributed by atoms with Crippen molar-refractivity contribution in [1.82, 2.24) is 24.5 Å². The molecule has 7 nitrogen and oxygen atoms in total. The molecule has 90 valence electrons. The van der Waals surface area contributed by atoms with Crippen molar-refractivity contribution >= 4 is 16.9 Å². The molecule has 3 aromatic rings. The van der Waals surface area contributed by atoms with Crippen LogP contribution < -0.4 is 0 Å². The summed E-state index contributed by atoms with van der Waals surface area (Å²) in [5, 5.41) is 5.01. The fraction of sp³-hybridized carbons (Fsp3) is 0.0909. The fourth-order valence-corrected chi connectivity index (χ4v) is 1.74. The van der Waals surface area contributed by atoms with Crippen molar-refractivity contribution in [3.05, 3.63) is 42.9 Å². The molecule has 0 unspecified atom stereocenters. The molecule has 7 heteroatoms. The van der Waals surface area contributed by atoms with Crippen LogP contribution in [0.5, 0.6) is 0 Å². The summed E-state index contributed by atoms with van der Waals surface area (Å²) in [6.45, 7) is 0. The van der Waals surface area contributed by atoms with Gasteiger partial charge in [0.15, 0.2) is 5.69 Å². The predicted octanol–water partition coefficient (Wildman–Crippen LogP) is 0.726. The molecule has 0 amide bonds. The minimum Gasteiger partial charge on any atom is -0.464 e. The second kappa shape index (κ2) is 3.95. The Hall–Kier alpha value is -2.70. The van der Waals surface area contributed by atoms with E-state index in [0.29, 0.717) is 5.52 Å². The largest absolute Gasteiger partial charge is 0.464 e. The zero-order chi connectivity index (χ0) is 12.5. The minimum absolute atomic E-state index is 0.223. The number of fused-ring (bicyclic) bond motifs is 1. The lowest BCUT2D eigenvalue weighted by molar-refractivity contribution is 0.0596. The second-order valence-corrected chi connectivity index (χ2v) is 3.57. The number of methoxy groups -OCH3 is 1. The molecule has 0 atom stereocenters. The normalized spacial score (nSPS) is 10.7. The molecule has 3 rings (SSSR count). The standard InChI is InChI=1S/C11H9N5O2/c1-18-11(17)9-10-8(2-3-13-9)6-14-16(10)15-5-4-12-7-15/h2-7H,1H3. The molecule has 0 N–H and O–H groups in total. The van der Waals surface area contributed by atoms with Gasteiger partial charge in [-0.25, -0.2) is 19.4 Å². The molecule has 0 aliphatic heterocycles. The van der Waals surface area contributed by atoms with Gasteiger partial charge in [0.1, 0.15) is 11.8 Å². The van der Waals surface area contributed by atoms with Crippen LogP contribution in [0.25, 0.3) is 10.9 Å². The van der Waals surface area contributed by atoms with Gasteiger partial charge in [-0.3, -0.25) is 0 Å². The van der Waals surface area contributed by atoms with Gasteiger partial charge in [0.2, 0.25) is 0 Å². The molecule has 0 bridgehead atoms. The number of esters is 1. The number of hydrogen-bond acceptors (Lipinski definition) is 5. The fourth-order valence-electron chi connectivity index (χ4n) is 1.74. The average molecular weight is 243 g/mol. The minimum atomic E-state index is -0.498. The molecule has 0 aromatic carbocycles. The maximum atomic E-state index is 11.7. The topological polar surface area (TPSA) is 74.8 Å². The maximum Gasteiger partial charge on any atom is 0.359 e. The third-order valence-corrected chi connectivity index (χ3v) is 2.55. The van der Waals surface area contributed by atoms with Crippen LogP contribution >= 0.6 is 0 Å². The highest BCUT2D eigenvalue weighted by atomic mass is 16.5. The first kappa shape index (κ1) is 10.5. The number of nitrogens with zero attached hydrogens (tertiary/aromatic N) is 5. The first-order valence-corrected chi connectivity index (χ1v) is 5.21. The lowest BCUT2D eigenvalue weighted by Crippen LogP contribution is -2.13. The Kier molecular flexibility index (Phi) is 2.30. The highest BCUT2D eigenvalue weighted by molar-refractivity contribution is 6.00. The van der Waals surface area contributed by atoms with Crippen molar-refractivity contribution in [2.45, 2.75) is 0 Å². The maximum absolute atomic E-state index is 11.7. The van der Waals surface area contributed by atoms with Gasteiger partial charge >= 0.3 is 5.97 Å². The van der Waals surface area contributed by atoms with Gasteiger partial charge in [-0.05, 0) is 6.07 Å². The van der Waals surface area contributed by atoms with Gasteiger partial charge in [0.05, 0.1) is 13.3 Å². The van der Waals surface area contributed by atoms with Gasteiger partial charge in [-0.2, -0.15) is 9.89 Å². The first-order chi connectivity index (χ1) is 8.81. The SMILES string of the molecule is COC(=O)c1nccc2cnn(-n3ccnc3)c12. The molecular formula is C11H9N5O2. The van der Waals surface area contributed by atoms with Crippen LogP contribution in [0, 0.1) is 0 Å². The van der Waals surface area contributed by atoms with Gasteiger partial charge in [-0.1, -0.05) is 0 Å². The third kappa shape index (κ3) is 1.45. The second-order valence-electron chi connectivity index (χ2n) is 3.57. The molecule has 0 aliphatic carbocycles.